The Kier molecular flexibility index (Phi) is 10.6. The van der Waals surface area contributed by atoms with E-state index in [1.54, 1.807) is 0 Å². The van der Waals surface area contributed by atoms with Gasteiger partial charge in [-0.25, -0.2) is 0 Å². The molecule has 336 valence electrons. The standard InChI is InChI=1S/C67H55BN2/c1-44-33-45(2)65(46(3)34-44)55-41-63-66-64(42-55)70(58-39-53(49-25-15-9-16-26-49)36-54(40-58)50-27-17-10-18-28-50)62-32-31-56(67(4,5)6)43-60(62)68(66)59-29-19-20-30-61(59)69(63)57-37-51(47-21-11-7-12-22-47)35-52(38-57)48-23-13-8-14-24-48/h7-43H,1-6H3. The van der Waals surface area contributed by atoms with Crippen LogP contribution in [-0.2, 0) is 5.41 Å². The van der Waals surface area contributed by atoms with Gasteiger partial charge in [0.05, 0.1) is 0 Å². The van der Waals surface area contributed by atoms with E-state index in [1.165, 1.54) is 117 Å². The lowest BCUT2D eigenvalue weighted by molar-refractivity contribution is 0.591. The Labute approximate surface area is 414 Å². The minimum absolute atomic E-state index is 0.0305. The van der Waals surface area contributed by atoms with Gasteiger partial charge in [-0.15, -0.1) is 0 Å². The number of rotatable bonds is 7. The summed E-state index contributed by atoms with van der Waals surface area (Å²) in [6.07, 6.45) is 0. The van der Waals surface area contributed by atoms with Crippen LogP contribution in [0, 0.1) is 20.8 Å². The molecule has 2 aliphatic rings. The largest absolute Gasteiger partial charge is 0.311 e. The Morgan fingerprint density at radius 3 is 1.16 bits per heavy atom. The van der Waals surface area contributed by atoms with Gasteiger partial charge < -0.3 is 9.80 Å². The highest BCUT2D eigenvalue weighted by molar-refractivity contribution is 7.00. The highest BCUT2D eigenvalue weighted by Gasteiger charge is 2.44. The number of anilines is 6. The number of fused-ring (bicyclic) bond motifs is 4. The molecule has 0 amide bonds. The maximum atomic E-state index is 2.60. The highest BCUT2D eigenvalue weighted by atomic mass is 15.2. The van der Waals surface area contributed by atoms with Gasteiger partial charge in [0.2, 0.25) is 0 Å². The van der Waals surface area contributed by atoms with E-state index >= 15 is 0 Å². The minimum atomic E-state index is -0.0625. The lowest BCUT2D eigenvalue weighted by atomic mass is 9.33. The molecule has 10 aromatic carbocycles. The van der Waals surface area contributed by atoms with Crippen LogP contribution in [0.3, 0.4) is 0 Å². The predicted octanol–water partition coefficient (Wildman–Crippen LogP) is 16.3. The fraction of sp³-hybridized carbons (Fsp3) is 0.104. The van der Waals surface area contributed by atoms with E-state index in [-0.39, 0.29) is 12.1 Å². The summed E-state index contributed by atoms with van der Waals surface area (Å²) in [5.74, 6) is 0. The molecule has 10 aromatic rings. The summed E-state index contributed by atoms with van der Waals surface area (Å²) in [7, 11) is 0. The summed E-state index contributed by atoms with van der Waals surface area (Å²) in [6.45, 7) is 13.7. The highest BCUT2D eigenvalue weighted by Crippen LogP contribution is 2.49. The second-order valence-corrected chi connectivity index (χ2v) is 20.4. The summed E-state index contributed by atoms with van der Waals surface area (Å²) in [5.41, 5.74) is 28.0. The topological polar surface area (TPSA) is 6.48 Å². The Hall–Kier alpha value is -8.14. The van der Waals surface area contributed by atoms with Crippen molar-refractivity contribution in [3.8, 4) is 55.6 Å². The quantitative estimate of drug-likeness (QED) is 0.147. The smallest absolute Gasteiger partial charge is 0.252 e. The molecule has 0 bridgehead atoms. The van der Waals surface area contributed by atoms with Crippen LogP contribution in [-0.4, -0.2) is 6.71 Å². The summed E-state index contributed by atoms with van der Waals surface area (Å²) < 4.78 is 0. The third-order valence-corrected chi connectivity index (χ3v) is 14.6. The van der Waals surface area contributed by atoms with Crippen molar-refractivity contribution in [3.05, 3.63) is 247 Å². The van der Waals surface area contributed by atoms with Crippen molar-refractivity contribution in [1.82, 2.24) is 0 Å². The molecule has 2 aliphatic heterocycles. The van der Waals surface area contributed by atoms with Crippen molar-refractivity contribution in [3.63, 3.8) is 0 Å². The second-order valence-electron chi connectivity index (χ2n) is 20.4. The molecule has 70 heavy (non-hydrogen) atoms. The molecular formula is C67H55BN2. The van der Waals surface area contributed by atoms with E-state index in [2.05, 4.69) is 276 Å². The van der Waals surface area contributed by atoms with Gasteiger partial charge in [-0.3, -0.25) is 0 Å². The molecule has 2 nitrogen and oxygen atoms in total. The number of para-hydroxylation sites is 1. The molecule has 0 saturated carbocycles. The predicted molar refractivity (Wildman–Crippen MR) is 301 cm³/mol. The fourth-order valence-corrected chi connectivity index (χ4v) is 11.4. The average Bonchev–Trinajstić information content (AvgIpc) is 3.38. The Morgan fingerprint density at radius 1 is 0.329 bits per heavy atom. The zero-order chi connectivity index (χ0) is 47.7. The first-order valence-electron chi connectivity index (χ1n) is 24.7. The monoisotopic (exact) mass is 898 g/mol. The van der Waals surface area contributed by atoms with Crippen LogP contribution >= 0.6 is 0 Å². The van der Waals surface area contributed by atoms with Crippen LogP contribution < -0.4 is 26.2 Å². The average molecular weight is 899 g/mol. The number of aryl methyl sites for hydroxylation is 3. The molecule has 3 heteroatoms. The second kappa shape index (κ2) is 17.1. The van der Waals surface area contributed by atoms with Gasteiger partial charge in [-0.2, -0.15) is 0 Å². The SMILES string of the molecule is Cc1cc(C)c(-c2cc3c4c(c2)N(c2cc(-c5ccccc5)cc(-c5ccccc5)c2)c2ccc(C(C)(C)C)cc2B4c2ccccc2N3c2cc(-c3ccccc3)cc(-c3ccccc3)c2)c(C)c1. The normalized spacial score (nSPS) is 12.6. The van der Waals surface area contributed by atoms with Crippen LogP contribution in [0.5, 0.6) is 0 Å². The van der Waals surface area contributed by atoms with Crippen LogP contribution in [0.2, 0.25) is 0 Å². The Morgan fingerprint density at radius 2 is 0.729 bits per heavy atom. The Bertz CT molecular complexity index is 3460. The number of benzene rings is 10. The van der Waals surface area contributed by atoms with Crippen molar-refractivity contribution in [2.45, 2.75) is 47.0 Å². The van der Waals surface area contributed by atoms with E-state index in [9.17, 15) is 0 Å². The van der Waals surface area contributed by atoms with Crippen molar-refractivity contribution in [2.75, 3.05) is 9.80 Å². The number of nitrogens with zero attached hydrogens (tertiary/aromatic N) is 2. The van der Waals surface area contributed by atoms with Gasteiger partial charge in [0.1, 0.15) is 0 Å². The molecule has 0 atom stereocenters. The van der Waals surface area contributed by atoms with Crippen LogP contribution in [0.25, 0.3) is 55.6 Å². The summed E-state index contributed by atoms with van der Waals surface area (Å²) in [6, 6.07) is 84.0. The van der Waals surface area contributed by atoms with Gasteiger partial charge >= 0.3 is 0 Å². The maximum Gasteiger partial charge on any atom is 0.252 e. The first kappa shape index (κ1) is 43.2. The third kappa shape index (κ3) is 7.54. The van der Waals surface area contributed by atoms with Gasteiger partial charge in [-0.05, 0) is 176 Å². The van der Waals surface area contributed by atoms with E-state index in [0.29, 0.717) is 0 Å². The molecule has 0 aliphatic carbocycles. The number of hydrogen-bond donors (Lipinski definition) is 0. The molecule has 0 aromatic heterocycles. The van der Waals surface area contributed by atoms with Gasteiger partial charge in [-0.1, -0.05) is 190 Å². The van der Waals surface area contributed by atoms with Crippen LogP contribution in [0.4, 0.5) is 34.1 Å². The zero-order valence-corrected chi connectivity index (χ0v) is 40.8. The fourth-order valence-electron chi connectivity index (χ4n) is 11.4. The minimum Gasteiger partial charge on any atom is -0.311 e. The van der Waals surface area contributed by atoms with Crippen LogP contribution in [0.15, 0.2) is 224 Å². The first-order chi connectivity index (χ1) is 34.1. The van der Waals surface area contributed by atoms with Crippen LogP contribution in [0.1, 0.15) is 43.0 Å². The molecule has 0 fully saturated rings. The van der Waals surface area contributed by atoms with Gasteiger partial charge in [0, 0.05) is 34.1 Å². The van der Waals surface area contributed by atoms with E-state index < -0.39 is 0 Å². The van der Waals surface area contributed by atoms with Crippen molar-refractivity contribution >= 4 is 57.2 Å². The molecule has 0 unspecified atom stereocenters. The van der Waals surface area contributed by atoms with Gasteiger partial charge in [0.25, 0.3) is 6.71 Å². The molecule has 0 spiro atoms. The lowest BCUT2D eigenvalue weighted by Gasteiger charge is -2.45. The molecule has 0 saturated heterocycles. The first-order valence-corrected chi connectivity index (χ1v) is 24.7. The zero-order valence-electron chi connectivity index (χ0n) is 40.8. The molecule has 2 heterocycles. The van der Waals surface area contributed by atoms with Crippen molar-refractivity contribution in [1.29, 1.82) is 0 Å². The lowest BCUT2D eigenvalue weighted by Crippen LogP contribution is -2.61. The molecular weight excluding hydrogens is 844 g/mol. The van der Waals surface area contributed by atoms with Gasteiger partial charge in [0.15, 0.2) is 0 Å². The maximum absolute atomic E-state index is 2.60. The third-order valence-electron chi connectivity index (χ3n) is 14.6. The van der Waals surface area contributed by atoms with Crippen molar-refractivity contribution < 1.29 is 0 Å². The molecule has 12 rings (SSSR count). The van der Waals surface area contributed by atoms with Crippen molar-refractivity contribution in [2.24, 2.45) is 0 Å². The summed E-state index contributed by atoms with van der Waals surface area (Å²) in [5, 5.41) is 0. The van der Waals surface area contributed by atoms with E-state index in [1.807, 2.05) is 0 Å². The van der Waals surface area contributed by atoms with E-state index in [0.717, 1.165) is 11.4 Å². The number of hydrogen-bond acceptors (Lipinski definition) is 2. The Balaban J connectivity index is 1.21. The molecule has 0 N–H and O–H groups in total. The van der Waals surface area contributed by atoms with E-state index in [4.69, 9.17) is 0 Å². The summed E-state index contributed by atoms with van der Waals surface area (Å²) in [4.78, 5) is 5.18. The summed E-state index contributed by atoms with van der Waals surface area (Å²) >= 11 is 0. The molecule has 0 radical (unpaired) electrons.